The predicted molar refractivity (Wildman–Crippen MR) is 121 cm³/mol. The summed E-state index contributed by atoms with van der Waals surface area (Å²) in [6, 6.07) is 6.14. The van der Waals surface area contributed by atoms with Crippen LogP contribution in [-0.2, 0) is 22.4 Å². The number of carbonyl (C=O) groups excluding carboxylic acids is 2. The van der Waals surface area contributed by atoms with Gasteiger partial charge in [0, 0.05) is 30.8 Å². The first-order valence-electron chi connectivity index (χ1n) is 11.6. The Morgan fingerprint density at radius 1 is 1.22 bits per heavy atom. The molecule has 1 atom stereocenters. The van der Waals surface area contributed by atoms with Gasteiger partial charge in [-0.2, -0.15) is 0 Å². The van der Waals surface area contributed by atoms with Crippen molar-refractivity contribution in [3.8, 4) is 0 Å². The van der Waals surface area contributed by atoms with Crippen LogP contribution in [0, 0.1) is 18.7 Å². The quantitative estimate of drug-likeness (QED) is 0.679. The van der Waals surface area contributed by atoms with Crippen LogP contribution in [0.2, 0.25) is 0 Å². The van der Waals surface area contributed by atoms with Crippen LogP contribution in [0.3, 0.4) is 0 Å². The fraction of sp³-hybridized carbons (Fsp3) is 0.520. The lowest BCUT2D eigenvalue weighted by atomic mass is 10.0. The van der Waals surface area contributed by atoms with Gasteiger partial charge in [-0.15, -0.1) is 0 Å². The predicted octanol–water partition coefficient (Wildman–Crippen LogP) is 4.16. The minimum Gasteiger partial charge on any atom is -0.332 e. The molecule has 3 heterocycles. The third-order valence-electron chi connectivity index (χ3n) is 6.46. The molecule has 6 nitrogen and oxygen atoms in total. The number of amides is 2. The monoisotopic (exact) mass is 438 g/mol. The van der Waals surface area contributed by atoms with Crippen LogP contribution in [-0.4, -0.2) is 39.8 Å². The van der Waals surface area contributed by atoms with Gasteiger partial charge in [-0.25, -0.2) is 14.4 Å². The minimum absolute atomic E-state index is 0.0199. The molecule has 0 saturated carbocycles. The fourth-order valence-corrected chi connectivity index (χ4v) is 4.61. The molecule has 0 spiro atoms. The Kier molecular flexibility index (Phi) is 6.53. The molecule has 32 heavy (non-hydrogen) atoms. The SMILES string of the molecule is Cc1nc([C@@H]2CCCN2C(=O)Cc2ccccc2F)nc2c1CCC(=O)N2CCC(C)C. The fourth-order valence-electron chi connectivity index (χ4n) is 4.61. The minimum atomic E-state index is -0.364. The summed E-state index contributed by atoms with van der Waals surface area (Å²) in [4.78, 5) is 38.9. The Labute approximate surface area is 188 Å². The molecule has 2 aromatic rings. The molecule has 2 amide bonds. The number of fused-ring (bicyclic) bond motifs is 1. The molecule has 170 valence electrons. The zero-order valence-electron chi connectivity index (χ0n) is 19.1. The molecular formula is C25H31FN4O2. The molecule has 1 fully saturated rings. The first-order chi connectivity index (χ1) is 15.3. The molecule has 0 unspecified atom stereocenters. The van der Waals surface area contributed by atoms with Crippen molar-refractivity contribution in [3.63, 3.8) is 0 Å². The lowest BCUT2D eigenvalue weighted by molar-refractivity contribution is -0.131. The summed E-state index contributed by atoms with van der Waals surface area (Å²) >= 11 is 0. The molecular weight excluding hydrogens is 407 g/mol. The number of nitrogens with zero attached hydrogens (tertiary/aromatic N) is 4. The van der Waals surface area contributed by atoms with E-state index in [2.05, 4.69) is 13.8 Å². The molecule has 1 aromatic carbocycles. The van der Waals surface area contributed by atoms with Crippen LogP contribution in [0.5, 0.6) is 0 Å². The van der Waals surface area contributed by atoms with Crippen LogP contribution in [0.25, 0.3) is 0 Å². The van der Waals surface area contributed by atoms with Gasteiger partial charge >= 0.3 is 0 Å². The van der Waals surface area contributed by atoms with E-state index >= 15 is 0 Å². The standard InChI is InChI=1S/C25H31FN4O2/c1-16(2)12-14-30-22(31)11-10-19-17(3)27-24(28-25(19)30)21-9-6-13-29(21)23(32)15-18-7-4-5-8-20(18)26/h4-5,7-8,16,21H,6,9-15H2,1-3H3/t21-/m0/s1. The maximum Gasteiger partial charge on any atom is 0.228 e. The summed E-state index contributed by atoms with van der Waals surface area (Å²) in [6.45, 7) is 7.49. The number of aromatic nitrogens is 2. The number of anilines is 1. The highest BCUT2D eigenvalue weighted by Gasteiger charge is 2.35. The smallest absolute Gasteiger partial charge is 0.228 e. The second kappa shape index (κ2) is 9.35. The van der Waals surface area contributed by atoms with Crippen molar-refractivity contribution in [1.29, 1.82) is 0 Å². The van der Waals surface area contributed by atoms with Gasteiger partial charge in [0.25, 0.3) is 0 Å². The van der Waals surface area contributed by atoms with Crippen LogP contribution >= 0.6 is 0 Å². The van der Waals surface area contributed by atoms with E-state index in [1.54, 1.807) is 28.0 Å². The number of rotatable bonds is 6. The van der Waals surface area contributed by atoms with E-state index in [9.17, 15) is 14.0 Å². The average molecular weight is 439 g/mol. The second-order valence-corrected chi connectivity index (χ2v) is 9.21. The highest BCUT2D eigenvalue weighted by molar-refractivity contribution is 5.95. The Balaban J connectivity index is 1.61. The van der Waals surface area contributed by atoms with E-state index in [1.165, 1.54) is 6.07 Å². The molecule has 1 aromatic heterocycles. The third-order valence-corrected chi connectivity index (χ3v) is 6.46. The summed E-state index contributed by atoms with van der Waals surface area (Å²) in [5.74, 6) is 1.39. The molecule has 0 N–H and O–H groups in total. The summed E-state index contributed by atoms with van der Waals surface area (Å²) in [5, 5.41) is 0. The first-order valence-corrected chi connectivity index (χ1v) is 11.6. The normalized spacial score (nSPS) is 18.4. The van der Waals surface area contributed by atoms with Crippen molar-refractivity contribution in [3.05, 3.63) is 52.7 Å². The van der Waals surface area contributed by atoms with Crippen LogP contribution in [0.1, 0.15) is 68.2 Å². The van der Waals surface area contributed by atoms with Crippen LogP contribution in [0.4, 0.5) is 10.2 Å². The number of benzene rings is 1. The van der Waals surface area contributed by atoms with Gasteiger partial charge in [-0.1, -0.05) is 32.0 Å². The summed E-state index contributed by atoms with van der Waals surface area (Å²) in [7, 11) is 0. The molecule has 7 heteroatoms. The van der Waals surface area contributed by atoms with Gasteiger partial charge in [0.15, 0.2) is 5.82 Å². The molecule has 2 aliphatic heterocycles. The maximum absolute atomic E-state index is 14.1. The molecule has 0 bridgehead atoms. The molecule has 4 rings (SSSR count). The molecule has 0 radical (unpaired) electrons. The number of hydrogen-bond donors (Lipinski definition) is 0. The van der Waals surface area contributed by atoms with Gasteiger partial charge in [-0.3, -0.25) is 14.5 Å². The molecule has 2 aliphatic rings. The van der Waals surface area contributed by atoms with Crippen molar-refractivity contribution < 1.29 is 14.0 Å². The Bertz CT molecular complexity index is 1020. The number of likely N-dealkylation sites (tertiary alicyclic amines) is 1. The topological polar surface area (TPSA) is 66.4 Å². The van der Waals surface area contributed by atoms with Gasteiger partial charge < -0.3 is 4.90 Å². The molecule has 1 saturated heterocycles. The Morgan fingerprint density at radius 3 is 2.75 bits per heavy atom. The average Bonchev–Trinajstić information content (AvgIpc) is 3.24. The summed E-state index contributed by atoms with van der Waals surface area (Å²) in [5.41, 5.74) is 2.30. The van der Waals surface area contributed by atoms with Crippen LogP contribution < -0.4 is 4.90 Å². The van der Waals surface area contributed by atoms with Crippen molar-refractivity contribution in [2.75, 3.05) is 18.0 Å². The zero-order chi connectivity index (χ0) is 22.8. The van der Waals surface area contributed by atoms with E-state index in [-0.39, 0.29) is 30.1 Å². The van der Waals surface area contributed by atoms with Crippen LogP contribution in [0.15, 0.2) is 24.3 Å². The largest absolute Gasteiger partial charge is 0.332 e. The van der Waals surface area contributed by atoms with Crippen molar-refractivity contribution in [2.45, 2.75) is 65.3 Å². The van der Waals surface area contributed by atoms with Gasteiger partial charge in [0.1, 0.15) is 11.6 Å². The highest BCUT2D eigenvalue weighted by atomic mass is 19.1. The first kappa shape index (κ1) is 22.4. The number of hydrogen-bond acceptors (Lipinski definition) is 4. The Hall–Kier alpha value is -2.83. The van der Waals surface area contributed by atoms with E-state index < -0.39 is 0 Å². The van der Waals surface area contributed by atoms with E-state index in [0.717, 1.165) is 30.5 Å². The lowest BCUT2D eigenvalue weighted by Gasteiger charge is -2.31. The van der Waals surface area contributed by atoms with Crippen molar-refractivity contribution in [1.82, 2.24) is 14.9 Å². The third kappa shape index (κ3) is 4.52. The number of aryl methyl sites for hydroxylation is 1. The number of halogens is 1. The second-order valence-electron chi connectivity index (χ2n) is 9.21. The van der Waals surface area contributed by atoms with Gasteiger partial charge in [0.05, 0.1) is 12.5 Å². The van der Waals surface area contributed by atoms with E-state index in [0.29, 0.717) is 49.1 Å². The summed E-state index contributed by atoms with van der Waals surface area (Å²) in [6.07, 6.45) is 3.67. The van der Waals surface area contributed by atoms with E-state index in [4.69, 9.17) is 9.97 Å². The highest BCUT2D eigenvalue weighted by Crippen LogP contribution is 2.35. The van der Waals surface area contributed by atoms with E-state index in [1.807, 2.05) is 6.92 Å². The summed E-state index contributed by atoms with van der Waals surface area (Å²) < 4.78 is 14.1. The van der Waals surface area contributed by atoms with Gasteiger partial charge in [0.2, 0.25) is 11.8 Å². The van der Waals surface area contributed by atoms with Crippen molar-refractivity contribution in [2.24, 2.45) is 5.92 Å². The van der Waals surface area contributed by atoms with Crippen molar-refractivity contribution >= 4 is 17.6 Å². The van der Waals surface area contributed by atoms with Gasteiger partial charge in [-0.05, 0) is 50.2 Å². The number of carbonyl (C=O) groups is 2. The zero-order valence-corrected chi connectivity index (χ0v) is 19.1. The molecule has 0 aliphatic carbocycles. The maximum atomic E-state index is 14.1. The lowest BCUT2D eigenvalue weighted by Crippen LogP contribution is -2.39. The Morgan fingerprint density at radius 2 is 2.00 bits per heavy atom.